The highest BCUT2D eigenvalue weighted by Gasteiger charge is 2.12. The van der Waals surface area contributed by atoms with Gasteiger partial charge in [-0.15, -0.1) is 0 Å². The van der Waals surface area contributed by atoms with Gasteiger partial charge in [0.15, 0.2) is 5.65 Å². The van der Waals surface area contributed by atoms with Crippen LogP contribution in [-0.4, -0.2) is 25.0 Å². The third kappa shape index (κ3) is 4.86. The van der Waals surface area contributed by atoms with Crippen molar-refractivity contribution in [1.82, 2.24) is 19.9 Å². The standard InChI is InChI=1S/C25H19N5O2S/c1-16-7-12-22(33-19-10-8-17(31)9-11-19)21(13-16)29-23-20-14-26-25(30-24(20)28-15-27-23)32-18-5-3-2-4-6-18/h2-15,31H,1H3,(H,26,27,28,29,30). The van der Waals surface area contributed by atoms with Crippen LogP contribution in [0.3, 0.4) is 0 Å². The number of aromatic nitrogens is 4. The largest absolute Gasteiger partial charge is 0.508 e. The summed E-state index contributed by atoms with van der Waals surface area (Å²) in [6.45, 7) is 2.04. The van der Waals surface area contributed by atoms with Crippen LogP contribution in [0.2, 0.25) is 0 Å². The number of rotatable bonds is 6. The van der Waals surface area contributed by atoms with Gasteiger partial charge in [-0.3, -0.25) is 0 Å². The fraction of sp³-hybridized carbons (Fsp3) is 0.0400. The first-order valence-electron chi connectivity index (χ1n) is 10.2. The highest BCUT2D eigenvalue weighted by atomic mass is 32.2. The fourth-order valence-electron chi connectivity index (χ4n) is 3.18. The topological polar surface area (TPSA) is 93.1 Å². The first-order chi connectivity index (χ1) is 16.1. The molecule has 0 aliphatic rings. The van der Waals surface area contributed by atoms with Gasteiger partial charge < -0.3 is 15.2 Å². The van der Waals surface area contributed by atoms with E-state index in [9.17, 15) is 5.11 Å². The van der Waals surface area contributed by atoms with Crippen LogP contribution in [0, 0.1) is 6.92 Å². The van der Waals surface area contributed by atoms with Crippen LogP contribution in [0.1, 0.15) is 5.56 Å². The van der Waals surface area contributed by atoms with Gasteiger partial charge in [-0.25, -0.2) is 15.0 Å². The van der Waals surface area contributed by atoms with Crippen LogP contribution >= 0.6 is 11.8 Å². The summed E-state index contributed by atoms with van der Waals surface area (Å²) in [4.78, 5) is 19.5. The van der Waals surface area contributed by atoms with Crippen molar-refractivity contribution >= 4 is 34.3 Å². The Labute approximate surface area is 194 Å². The van der Waals surface area contributed by atoms with Crippen LogP contribution in [-0.2, 0) is 0 Å². The first-order valence-corrected chi connectivity index (χ1v) is 11.0. The molecule has 2 N–H and O–H groups in total. The van der Waals surface area contributed by atoms with Crippen molar-refractivity contribution in [2.24, 2.45) is 0 Å². The van der Waals surface area contributed by atoms with Crippen molar-refractivity contribution in [3.8, 4) is 17.5 Å². The minimum Gasteiger partial charge on any atom is -0.508 e. The van der Waals surface area contributed by atoms with Crippen molar-refractivity contribution in [2.75, 3.05) is 5.32 Å². The molecular formula is C25H19N5O2S. The van der Waals surface area contributed by atoms with E-state index in [1.54, 1.807) is 30.1 Å². The Balaban J connectivity index is 1.45. The van der Waals surface area contributed by atoms with Crippen LogP contribution in [0.5, 0.6) is 17.5 Å². The van der Waals surface area contributed by atoms with E-state index < -0.39 is 0 Å². The Kier molecular flexibility index (Phi) is 5.73. The molecule has 7 nitrogen and oxygen atoms in total. The molecular weight excluding hydrogens is 434 g/mol. The molecule has 162 valence electrons. The maximum Gasteiger partial charge on any atom is 0.324 e. The molecule has 5 rings (SSSR count). The second-order valence-electron chi connectivity index (χ2n) is 7.25. The maximum atomic E-state index is 9.55. The number of nitrogens with zero attached hydrogens (tertiary/aromatic N) is 4. The lowest BCUT2D eigenvalue weighted by atomic mass is 10.2. The van der Waals surface area contributed by atoms with Gasteiger partial charge in [0, 0.05) is 16.0 Å². The highest BCUT2D eigenvalue weighted by Crippen LogP contribution is 2.36. The lowest BCUT2D eigenvalue weighted by Gasteiger charge is -2.13. The summed E-state index contributed by atoms with van der Waals surface area (Å²) in [5.74, 6) is 1.49. The van der Waals surface area contributed by atoms with Gasteiger partial charge in [0.1, 0.15) is 23.6 Å². The van der Waals surface area contributed by atoms with E-state index in [-0.39, 0.29) is 11.8 Å². The van der Waals surface area contributed by atoms with Crippen LogP contribution in [0.15, 0.2) is 95.1 Å². The quantitative estimate of drug-likeness (QED) is 0.318. The normalized spacial score (nSPS) is 10.8. The van der Waals surface area contributed by atoms with Gasteiger partial charge in [-0.2, -0.15) is 4.98 Å². The molecule has 0 fully saturated rings. The SMILES string of the molecule is Cc1ccc(Sc2ccc(O)cc2)c(Nc2ncnc3nc(Oc4ccccc4)ncc23)c1. The molecule has 5 aromatic rings. The summed E-state index contributed by atoms with van der Waals surface area (Å²) in [5, 5.41) is 13.7. The third-order valence-corrected chi connectivity index (χ3v) is 5.86. The fourth-order valence-corrected chi connectivity index (χ4v) is 4.06. The molecule has 2 heterocycles. The van der Waals surface area contributed by atoms with Crippen molar-refractivity contribution in [1.29, 1.82) is 0 Å². The van der Waals surface area contributed by atoms with Gasteiger partial charge in [0.25, 0.3) is 0 Å². The number of phenols is 1. The molecule has 0 radical (unpaired) electrons. The Morgan fingerprint density at radius 1 is 0.909 bits per heavy atom. The summed E-state index contributed by atoms with van der Waals surface area (Å²) in [5.41, 5.74) is 2.49. The maximum absolute atomic E-state index is 9.55. The van der Waals surface area contributed by atoms with E-state index in [1.807, 2.05) is 49.4 Å². The van der Waals surface area contributed by atoms with Crippen LogP contribution in [0.4, 0.5) is 11.5 Å². The minimum atomic E-state index is 0.220. The summed E-state index contributed by atoms with van der Waals surface area (Å²) in [7, 11) is 0. The van der Waals surface area contributed by atoms with Gasteiger partial charge in [-0.05, 0) is 61.0 Å². The number of benzene rings is 3. The molecule has 2 aromatic heterocycles. The summed E-state index contributed by atoms with van der Waals surface area (Å²) in [6.07, 6.45) is 3.12. The molecule has 0 unspecified atom stereocenters. The average Bonchev–Trinajstić information content (AvgIpc) is 2.83. The smallest absolute Gasteiger partial charge is 0.324 e. The second-order valence-corrected chi connectivity index (χ2v) is 8.36. The molecule has 0 bridgehead atoms. The average molecular weight is 454 g/mol. The molecule has 0 aliphatic heterocycles. The van der Waals surface area contributed by atoms with Crippen molar-refractivity contribution in [3.63, 3.8) is 0 Å². The molecule has 3 aromatic carbocycles. The number of aryl methyl sites for hydroxylation is 1. The molecule has 8 heteroatoms. The Morgan fingerprint density at radius 3 is 2.55 bits per heavy atom. The number of phenolic OH excluding ortho intramolecular Hbond substituents is 1. The molecule has 0 aliphatic carbocycles. The number of para-hydroxylation sites is 1. The first kappa shape index (κ1) is 20.7. The molecule has 0 spiro atoms. The molecule has 33 heavy (non-hydrogen) atoms. The summed E-state index contributed by atoms with van der Waals surface area (Å²) >= 11 is 1.59. The number of ether oxygens (including phenoxy) is 1. The van der Waals surface area contributed by atoms with Gasteiger partial charge in [-0.1, -0.05) is 36.0 Å². The predicted molar refractivity (Wildman–Crippen MR) is 128 cm³/mol. The third-order valence-electron chi connectivity index (χ3n) is 4.77. The Morgan fingerprint density at radius 2 is 1.73 bits per heavy atom. The van der Waals surface area contributed by atoms with Crippen molar-refractivity contribution < 1.29 is 9.84 Å². The van der Waals surface area contributed by atoms with Crippen molar-refractivity contribution in [3.05, 3.63) is 90.9 Å². The molecule has 0 saturated heterocycles. The number of aromatic hydroxyl groups is 1. The summed E-state index contributed by atoms with van der Waals surface area (Å²) < 4.78 is 5.73. The van der Waals surface area contributed by atoms with Crippen LogP contribution in [0.25, 0.3) is 11.0 Å². The van der Waals surface area contributed by atoms with E-state index in [1.165, 1.54) is 6.33 Å². The Bertz CT molecular complexity index is 1410. The molecule has 0 amide bonds. The van der Waals surface area contributed by atoms with E-state index >= 15 is 0 Å². The number of anilines is 2. The lowest BCUT2D eigenvalue weighted by Crippen LogP contribution is -2.00. The van der Waals surface area contributed by atoms with Crippen LogP contribution < -0.4 is 10.1 Å². The molecule has 0 atom stereocenters. The van der Waals surface area contributed by atoms with Gasteiger partial charge in [0.2, 0.25) is 0 Å². The summed E-state index contributed by atoms with van der Waals surface area (Å²) in [6, 6.07) is 22.9. The lowest BCUT2D eigenvalue weighted by molar-refractivity contribution is 0.444. The number of hydrogen-bond acceptors (Lipinski definition) is 8. The highest BCUT2D eigenvalue weighted by molar-refractivity contribution is 7.99. The number of fused-ring (bicyclic) bond motifs is 1. The van der Waals surface area contributed by atoms with E-state index in [0.29, 0.717) is 22.6 Å². The zero-order valence-electron chi connectivity index (χ0n) is 17.6. The zero-order chi connectivity index (χ0) is 22.6. The number of nitrogens with one attached hydrogen (secondary N) is 1. The predicted octanol–water partition coefficient (Wildman–Crippen LogP) is 6.12. The number of hydrogen-bond donors (Lipinski definition) is 2. The van der Waals surface area contributed by atoms with E-state index in [4.69, 9.17) is 4.74 Å². The van der Waals surface area contributed by atoms with Crippen molar-refractivity contribution in [2.45, 2.75) is 16.7 Å². The second kappa shape index (κ2) is 9.13. The Hall–Kier alpha value is -4.17. The van der Waals surface area contributed by atoms with Gasteiger partial charge >= 0.3 is 6.01 Å². The minimum absolute atomic E-state index is 0.220. The monoisotopic (exact) mass is 453 g/mol. The zero-order valence-corrected chi connectivity index (χ0v) is 18.5. The van der Waals surface area contributed by atoms with Gasteiger partial charge in [0.05, 0.1) is 11.1 Å². The van der Waals surface area contributed by atoms with E-state index in [2.05, 4.69) is 43.5 Å². The van der Waals surface area contributed by atoms with E-state index in [0.717, 1.165) is 21.0 Å². The molecule has 0 saturated carbocycles.